The summed E-state index contributed by atoms with van der Waals surface area (Å²) in [5.74, 6) is -0.450. The van der Waals surface area contributed by atoms with E-state index in [9.17, 15) is 4.79 Å². The van der Waals surface area contributed by atoms with E-state index in [2.05, 4.69) is 9.72 Å². The number of imidazole rings is 1. The van der Waals surface area contributed by atoms with Crippen molar-refractivity contribution in [1.82, 2.24) is 9.55 Å². The van der Waals surface area contributed by atoms with Crippen molar-refractivity contribution in [2.45, 2.75) is 19.0 Å². The van der Waals surface area contributed by atoms with Crippen LogP contribution in [-0.2, 0) is 22.5 Å². The summed E-state index contributed by atoms with van der Waals surface area (Å²) in [4.78, 5) is 15.5. The second-order valence-electron chi connectivity index (χ2n) is 4.62. The molecule has 0 aliphatic heterocycles. The van der Waals surface area contributed by atoms with Gasteiger partial charge in [0.15, 0.2) is 0 Å². The molecule has 2 N–H and O–H groups in total. The molecule has 2 aromatic rings. The monoisotopic (exact) mass is 327 g/mol. The first-order valence-corrected chi connectivity index (χ1v) is 7.03. The molecule has 0 saturated carbocycles. The predicted octanol–water partition coefficient (Wildman–Crippen LogP) is 2.28. The molecule has 2 rings (SSSR count). The van der Waals surface area contributed by atoms with E-state index in [0.717, 1.165) is 11.3 Å². The van der Waals surface area contributed by atoms with Crippen molar-refractivity contribution < 1.29 is 9.53 Å². The Balaban J connectivity index is 2.02. The zero-order chi connectivity index (χ0) is 15.4. The molecule has 112 valence electrons. The summed E-state index contributed by atoms with van der Waals surface area (Å²) in [5, 5.41) is 1.04. The number of hydrogen-bond acceptors (Lipinski definition) is 4. The highest BCUT2D eigenvalue weighted by Crippen LogP contribution is 2.23. The normalized spacial score (nSPS) is 12.2. The van der Waals surface area contributed by atoms with E-state index < -0.39 is 12.0 Å². The fourth-order valence-electron chi connectivity index (χ4n) is 1.91. The van der Waals surface area contributed by atoms with Crippen molar-refractivity contribution in [1.29, 1.82) is 0 Å². The van der Waals surface area contributed by atoms with Crippen LogP contribution in [0.3, 0.4) is 0 Å². The fourth-order valence-corrected chi connectivity index (χ4v) is 2.23. The molecule has 1 atom stereocenters. The van der Waals surface area contributed by atoms with E-state index in [-0.39, 0.29) is 0 Å². The number of nitrogens with two attached hydrogens (primary N) is 1. The molecule has 0 radical (unpaired) electrons. The van der Waals surface area contributed by atoms with Gasteiger partial charge in [-0.1, -0.05) is 29.3 Å². The first-order chi connectivity index (χ1) is 9.99. The lowest BCUT2D eigenvalue weighted by molar-refractivity contribution is -0.142. The maximum Gasteiger partial charge on any atom is 0.323 e. The van der Waals surface area contributed by atoms with E-state index in [4.69, 9.17) is 28.9 Å². The standard InChI is InChI=1S/C14H15Cl2N3O2/c1-21-14(20)13(17)5-10-7-19(8-18-10)6-9-2-3-11(15)12(16)4-9/h2-4,7-8,13H,5-6,17H2,1H3/t13-/m0/s1. The minimum Gasteiger partial charge on any atom is -0.468 e. The maximum atomic E-state index is 11.3. The first-order valence-electron chi connectivity index (χ1n) is 6.27. The second kappa shape index (κ2) is 6.93. The van der Waals surface area contributed by atoms with Crippen LogP contribution < -0.4 is 5.73 Å². The number of rotatable bonds is 5. The quantitative estimate of drug-likeness (QED) is 0.855. The number of ether oxygens (including phenoxy) is 1. The van der Waals surface area contributed by atoms with Gasteiger partial charge < -0.3 is 15.0 Å². The number of benzene rings is 1. The van der Waals surface area contributed by atoms with E-state index in [1.165, 1.54) is 7.11 Å². The van der Waals surface area contributed by atoms with Gasteiger partial charge in [-0.25, -0.2) is 4.98 Å². The van der Waals surface area contributed by atoms with Crippen LogP contribution in [0.1, 0.15) is 11.3 Å². The van der Waals surface area contributed by atoms with Crippen LogP contribution in [0, 0.1) is 0 Å². The third kappa shape index (κ3) is 4.20. The summed E-state index contributed by atoms with van der Waals surface area (Å²) in [6.45, 7) is 0.608. The Morgan fingerprint density at radius 2 is 2.19 bits per heavy atom. The Kier molecular flexibility index (Phi) is 5.22. The summed E-state index contributed by atoms with van der Waals surface area (Å²) in [6.07, 6.45) is 3.86. The molecule has 0 saturated heterocycles. The fraction of sp³-hybridized carbons (Fsp3) is 0.286. The van der Waals surface area contributed by atoms with Crippen LogP contribution in [0.15, 0.2) is 30.7 Å². The minimum atomic E-state index is -0.705. The third-order valence-corrected chi connectivity index (χ3v) is 3.71. The zero-order valence-electron chi connectivity index (χ0n) is 11.4. The number of halogens is 2. The van der Waals surface area contributed by atoms with Crippen LogP contribution in [0.25, 0.3) is 0 Å². The van der Waals surface area contributed by atoms with Crippen molar-refractivity contribution in [2.24, 2.45) is 5.73 Å². The van der Waals surface area contributed by atoms with Crippen LogP contribution in [0.2, 0.25) is 10.0 Å². The summed E-state index contributed by atoms with van der Waals surface area (Å²) < 4.78 is 6.47. The number of carbonyl (C=O) groups excluding carboxylic acids is 1. The Morgan fingerprint density at radius 1 is 1.43 bits per heavy atom. The molecule has 1 heterocycles. The molecule has 0 amide bonds. The lowest BCUT2D eigenvalue weighted by atomic mass is 10.2. The van der Waals surface area contributed by atoms with Gasteiger partial charge in [-0.05, 0) is 17.7 Å². The van der Waals surface area contributed by atoms with Crippen LogP contribution in [-0.4, -0.2) is 28.7 Å². The van der Waals surface area contributed by atoms with E-state index in [0.29, 0.717) is 23.0 Å². The van der Waals surface area contributed by atoms with Crippen molar-refractivity contribution in [2.75, 3.05) is 7.11 Å². The van der Waals surface area contributed by atoms with Gasteiger partial charge in [0.1, 0.15) is 6.04 Å². The Bertz CT molecular complexity index is 643. The Morgan fingerprint density at radius 3 is 2.86 bits per heavy atom. The average Bonchev–Trinajstić information content (AvgIpc) is 2.89. The van der Waals surface area contributed by atoms with E-state index in [1.54, 1.807) is 12.4 Å². The number of hydrogen-bond donors (Lipinski definition) is 1. The zero-order valence-corrected chi connectivity index (χ0v) is 12.9. The molecule has 0 unspecified atom stereocenters. The van der Waals surface area contributed by atoms with Gasteiger partial charge in [0.25, 0.3) is 0 Å². The molecule has 5 nitrogen and oxygen atoms in total. The van der Waals surface area contributed by atoms with Gasteiger partial charge in [-0.15, -0.1) is 0 Å². The topological polar surface area (TPSA) is 70.1 Å². The van der Waals surface area contributed by atoms with Crippen molar-refractivity contribution in [3.8, 4) is 0 Å². The van der Waals surface area contributed by atoms with E-state index in [1.807, 2.05) is 22.9 Å². The molecule has 0 bridgehead atoms. The first kappa shape index (κ1) is 15.8. The van der Waals surface area contributed by atoms with Gasteiger partial charge in [0, 0.05) is 19.2 Å². The summed E-state index contributed by atoms with van der Waals surface area (Å²) in [7, 11) is 1.31. The minimum absolute atomic E-state index is 0.334. The molecule has 1 aromatic heterocycles. The summed E-state index contributed by atoms with van der Waals surface area (Å²) in [6, 6.07) is 4.76. The molecule has 21 heavy (non-hydrogen) atoms. The predicted molar refractivity (Wildman–Crippen MR) is 81.5 cm³/mol. The van der Waals surface area contributed by atoms with Crippen molar-refractivity contribution in [3.05, 3.63) is 52.0 Å². The molecular formula is C14H15Cl2N3O2. The largest absolute Gasteiger partial charge is 0.468 e. The Hall–Kier alpha value is -1.56. The molecule has 0 spiro atoms. The second-order valence-corrected chi connectivity index (χ2v) is 5.43. The molecule has 0 aliphatic carbocycles. The SMILES string of the molecule is COC(=O)[C@@H](N)Cc1cn(Cc2ccc(Cl)c(Cl)c2)cn1. The average molecular weight is 328 g/mol. The number of nitrogens with zero attached hydrogens (tertiary/aromatic N) is 2. The summed E-state index contributed by atoms with van der Waals surface area (Å²) in [5.41, 5.74) is 7.44. The van der Waals surface area contributed by atoms with Gasteiger partial charge >= 0.3 is 5.97 Å². The molecule has 1 aromatic carbocycles. The van der Waals surface area contributed by atoms with Gasteiger partial charge in [-0.3, -0.25) is 4.79 Å². The third-order valence-electron chi connectivity index (χ3n) is 2.97. The highest BCUT2D eigenvalue weighted by atomic mass is 35.5. The van der Waals surface area contributed by atoms with Crippen molar-refractivity contribution in [3.63, 3.8) is 0 Å². The van der Waals surface area contributed by atoms with Crippen LogP contribution in [0.4, 0.5) is 0 Å². The molecule has 0 aliphatic rings. The Labute approximate surface area is 132 Å². The summed E-state index contributed by atoms with van der Waals surface area (Å²) >= 11 is 11.9. The number of esters is 1. The highest BCUT2D eigenvalue weighted by Gasteiger charge is 2.15. The van der Waals surface area contributed by atoms with Crippen LogP contribution in [0.5, 0.6) is 0 Å². The van der Waals surface area contributed by atoms with Crippen molar-refractivity contribution >= 4 is 29.2 Å². The number of methoxy groups -OCH3 is 1. The lowest BCUT2D eigenvalue weighted by Crippen LogP contribution is -2.33. The molecule has 0 fully saturated rings. The number of aromatic nitrogens is 2. The van der Waals surface area contributed by atoms with Gasteiger partial charge in [-0.2, -0.15) is 0 Å². The van der Waals surface area contributed by atoms with Gasteiger partial charge in [0.05, 0.1) is 29.2 Å². The smallest absolute Gasteiger partial charge is 0.323 e. The number of carbonyl (C=O) groups is 1. The molecule has 7 heteroatoms. The van der Waals surface area contributed by atoms with Gasteiger partial charge in [0.2, 0.25) is 0 Å². The van der Waals surface area contributed by atoms with Crippen LogP contribution >= 0.6 is 23.2 Å². The lowest BCUT2D eigenvalue weighted by Gasteiger charge is -2.06. The maximum absolute atomic E-state index is 11.3. The van der Waals surface area contributed by atoms with E-state index >= 15 is 0 Å². The highest BCUT2D eigenvalue weighted by molar-refractivity contribution is 6.42. The molecular weight excluding hydrogens is 313 g/mol.